The van der Waals surface area contributed by atoms with E-state index in [4.69, 9.17) is 0 Å². The number of hydrogen-bond acceptors (Lipinski definition) is 5. The number of carbonyl (C=O) groups is 2. The lowest BCUT2D eigenvalue weighted by Crippen LogP contribution is -2.11. The highest BCUT2D eigenvalue weighted by atomic mass is 16.6. The van der Waals surface area contributed by atoms with Crippen LogP contribution in [0.15, 0.2) is 24.3 Å². The van der Waals surface area contributed by atoms with Crippen LogP contribution in [0.4, 0.5) is 5.69 Å². The van der Waals surface area contributed by atoms with Crippen molar-refractivity contribution in [2.45, 2.75) is 12.8 Å². The van der Waals surface area contributed by atoms with E-state index in [1.165, 1.54) is 6.07 Å². The number of rotatable bonds is 3. The molecule has 1 aliphatic rings. The minimum absolute atomic E-state index is 0.00905. The molecule has 1 saturated heterocycles. The van der Waals surface area contributed by atoms with Crippen molar-refractivity contribution in [1.29, 1.82) is 0 Å². The number of para-hydroxylation sites is 1. The molecule has 88 valence electrons. The number of hydrogen-bond donors (Lipinski definition) is 0. The Balaban J connectivity index is 2.22. The van der Waals surface area contributed by atoms with Crippen LogP contribution in [0.2, 0.25) is 0 Å². The van der Waals surface area contributed by atoms with E-state index in [1.807, 2.05) is 0 Å². The number of carbonyl (C=O) groups excluding carboxylic acids is 2. The van der Waals surface area contributed by atoms with Gasteiger partial charge >= 0.3 is 11.9 Å². The summed E-state index contributed by atoms with van der Waals surface area (Å²) in [4.78, 5) is 32.4. The van der Waals surface area contributed by atoms with Crippen molar-refractivity contribution in [1.82, 2.24) is 0 Å². The van der Waals surface area contributed by atoms with Crippen LogP contribution in [0, 0.1) is 16.0 Å². The van der Waals surface area contributed by atoms with Crippen molar-refractivity contribution in [3.63, 3.8) is 0 Å². The van der Waals surface area contributed by atoms with Crippen molar-refractivity contribution >= 4 is 17.6 Å². The van der Waals surface area contributed by atoms with Gasteiger partial charge in [-0.05, 0) is 6.42 Å². The highest BCUT2D eigenvalue weighted by molar-refractivity contribution is 5.94. The van der Waals surface area contributed by atoms with Crippen molar-refractivity contribution in [2.75, 3.05) is 0 Å². The SMILES string of the molecule is O=C1CC(Cc2ccccc2[N+](=O)[O-])C(=O)O1. The molecule has 1 aliphatic heterocycles. The van der Waals surface area contributed by atoms with Crippen molar-refractivity contribution in [2.24, 2.45) is 5.92 Å². The van der Waals surface area contributed by atoms with Crippen LogP contribution < -0.4 is 0 Å². The quantitative estimate of drug-likeness (QED) is 0.340. The summed E-state index contributed by atoms with van der Waals surface area (Å²) in [5, 5.41) is 10.8. The molecule has 0 saturated carbocycles. The highest BCUT2D eigenvalue weighted by Crippen LogP contribution is 2.26. The summed E-state index contributed by atoms with van der Waals surface area (Å²) in [6.07, 6.45) is 0.145. The second-order valence-corrected chi connectivity index (χ2v) is 3.78. The maximum Gasteiger partial charge on any atom is 0.317 e. The number of esters is 2. The summed E-state index contributed by atoms with van der Waals surface area (Å²) in [5.74, 6) is -1.78. The second-order valence-electron chi connectivity index (χ2n) is 3.78. The van der Waals surface area contributed by atoms with E-state index < -0.39 is 22.8 Å². The Kier molecular flexibility index (Phi) is 2.86. The van der Waals surface area contributed by atoms with Gasteiger partial charge in [-0.3, -0.25) is 19.7 Å². The molecule has 0 aromatic heterocycles. The van der Waals surface area contributed by atoms with Gasteiger partial charge in [0, 0.05) is 11.6 Å². The zero-order chi connectivity index (χ0) is 12.4. The van der Waals surface area contributed by atoms with Crippen LogP contribution in [-0.4, -0.2) is 16.9 Å². The van der Waals surface area contributed by atoms with Gasteiger partial charge in [0.2, 0.25) is 0 Å². The minimum Gasteiger partial charge on any atom is -0.393 e. The van der Waals surface area contributed by atoms with E-state index in [1.54, 1.807) is 18.2 Å². The number of nitrogens with zero attached hydrogens (tertiary/aromatic N) is 1. The van der Waals surface area contributed by atoms with Crippen LogP contribution in [-0.2, 0) is 20.7 Å². The normalized spacial score (nSPS) is 19.2. The van der Waals surface area contributed by atoms with Crippen LogP contribution in [0.5, 0.6) is 0 Å². The lowest BCUT2D eigenvalue weighted by molar-refractivity contribution is -0.385. The molecule has 6 nitrogen and oxygen atoms in total. The molecular formula is C11H9NO5. The first-order valence-electron chi connectivity index (χ1n) is 5.04. The number of nitro groups is 1. The van der Waals surface area contributed by atoms with Crippen molar-refractivity contribution < 1.29 is 19.2 Å². The molecule has 0 bridgehead atoms. The van der Waals surface area contributed by atoms with E-state index in [-0.39, 0.29) is 18.5 Å². The standard InChI is InChI=1S/C11H9NO5/c13-10-6-8(11(14)17-10)5-7-3-1-2-4-9(7)12(15)16/h1-4,8H,5-6H2. The Hall–Kier alpha value is -2.24. The van der Waals surface area contributed by atoms with E-state index in [0.29, 0.717) is 5.56 Å². The average molecular weight is 235 g/mol. The maximum atomic E-state index is 11.3. The third-order valence-electron chi connectivity index (χ3n) is 2.62. The lowest BCUT2D eigenvalue weighted by Gasteiger charge is -2.05. The van der Waals surface area contributed by atoms with Gasteiger partial charge in [-0.15, -0.1) is 0 Å². The Labute approximate surface area is 96.3 Å². The third kappa shape index (κ3) is 2.30. The molecule has 1 fully saturated rings. The molecule has 6 heteroatoms. The van der Waals surface area contributed by atoms with Crippen LogP contribution in [0.1, 0.15) is 12.0 Å². The highest BCUT2D eigenvalue weighted by Gasteiger charge is 2.34. The van der Waals surface area contributed by atoms with Gasteiger partial charge in [0.15, 0.2) is 0 Å². The Morgan fingerprint density at radius 2 is 2.06 bits per heavy atom. The molecule has 1 aromatic carbocycles. The van der Waals surface area contributed by atoms with E-state index >= 15 is 0 Å². The molecular weight excluding hydrogens is 226 g/mol. The first-order valence-corrected chi connectivity index (χ1v) is 5.04. The molecule has 17 heavy (non-hydrogen) atoms. The van der Waals surface area contributed by atoms with Crippen LogP contribution in [0.3, 0.4) is 0 Å². The summed E-state index contributed by atoms with van der Waals surface area (Å²) < 4.78 is 4.40. The molecule has 0 N–H and O–H groups in total. The van der Waals surface area contributed by atoms with Gasteiger partial charge in [0.25, 0.3) is 5.69 Å². The lowest BCUT2D eigenvalue weighted by atomic mass is 9.97. The monoisotopic (exact) mass is 235 g/mol. The van der Waals surface area contributed by atoms with Gasteiger partial charge in [-0.1, -0.05) is 18.2 Å². The average Bonchev–Trinajstić information content (AvgIpc) is 2.58. The second kappa shape index (κ2) is 4.32. The predicted molar refractivity (Wildman–Crippen MR) is 56.0 cm³/mol. The fourth-order valence-corrected chi connectivity index (χ4v) is 1.80. The van der Waals surface area contributed by atoms with Crippen LogP contribution >= 0.6 is 0 Å². The summed E-state index contributed by atoms with van der Waals surface area (Å²) in [6.45, 7) is 0. The molecule has 1 aromatic rings. The molecule has 1 unspecified atom stereocenters. The molecule has 0 spiro atoms. The predicted octanol–water partition coefficient (Wildman–Crippen LogP) is 1.23. The van der Waals surface area contributed by atoms with E-state index in [9.17, 15) is 19.7 Å². The third-order valence-corrected chi connectivity index (χ3v) is 2.62. The van der Waals surface area contributed by atoms with Gasteiger partial charge in [-0.2, -0.15) is 0 Å². The first kappa shape index (κ1) is 11.3. The molecule has 0 aliphatic carbocycles. The number of nitro benzene ring substituents is 1. The summed E-state index contributed by atoms with van der Waals surface area (Å²) in [6, 6.07) is 6.16. The fraction of sp³-hybridized carbons (Fsp3) is 0.273. The van der Waals surface area contributed by atoms with E-state index in [0.717, 1.165) is 0 Å². The number of benzene rings is 1. The largest absolute Gasteiger partial charge is 0.393 e. The van der Waals surface area contributed by atoms with Crippen LogP contribution in [0.25, 0.3) is 0 Å². The van der Waals surface area contributed by atoms with Crippen molar-refractivity contribution in [3.8, 4) is 0 Å². The Bertz CT molecular complexity index is 496. The van der Waals surface area contributed by atoms with Crippen molar-refractivity contribution in [3.05, 3.63) is 39.9 Å². The van der Waals surface area contributed by atoms with Gasteiger partial charge in [0.05, 0.1) is 17.3 Å². The first-order chi connectivity index (χ1) is 8.08. The van der Waals surface area contributed by atoms with Gasteiger partial charge in [0.1, 0.15) is 0 Å². The molecule has 1 atom stereocenters. The summed E-state index contributed by atoms with van der Waals surface area (Å²) in [5.41, 5.74) is 0.397. The smallest absolute Gasteiger partial charge is 0.317 e. The maximum absolute atomic E-state index is 11.3. The zero-order valence-corrected chi connectivity index (χ0v) is 8.79. The molecule has 1 heterocycles. The Morgan fingerprint density at radius 1 is 1.35 bits per heavy atom. The zero-order valence-electron chi connectivity index (χ0n) is 8.79. The molecule has 2 rings (SSSR count). The molecule has 0 amide bonds. The summed E-state index contributed by atoms with van der Waals surface area (Å²) >= 11 is 0. The van der Waals surface area contributed by atoms with E-state index in [2.05, 4.69) is 4.74 Å². The Morgan fingerprint density at radius 3 is 2.65 bits per heavy atom. The fourth-order valence-electron chi connectivity index (χ4n) is 1.80. The van der Waals surface area contributed by atoms with Gasteiger partial charge in [-0.25, -0.2) is 0 Å². The summed E-state index contributed by atoms with van der Waals surface area (Å²) in [7, 11) is 0. The van der Waals surface area contributed by atoms with Gasteiger partial charge < -0.3 is 4.74 Å². The minimum atomic E-state index is -0.608. The topological polar surface area (TPSA) is 86.5 Å². The number of cyclic esters (lactones) is 2. The number of ether oxygens (including phenoxy) is 1. The molecule has 0 radical (unpaired) electrons.